The zero-order valence-electron chi connectivity index (χ0n) is 9.97. The minimum absolute atomic E-state index is 0.135. The average molecular weight is 250 g/mol. The number of carbonyl (C=O) groups excluding carboxylic acids is 1. The molecule has 17 heavy (non-hydrogen) atoms. The molecule has 1 aromatic heterocycles. The maximum Gasteiger partial charge on any atom is 0.273 e. The Labute approximate surface area is 106 Å². The molecule has 1 saturated heterocycles. The van der Waals surface area contributed by atoms with Crippen LogP contribution in [-0.4, -0.2) is 28.9 Å². The van der Waals surface area contributed by atoms with Crippen LogP contribution in [0.25, 0.3) is 0 Å². The van der Waals surface area contributed by atoms with Crippen molar-refractivity contribution in [3.63, 3.8) is 0 Å². The summed E-state index contributed by atoms with van der Waals surface area (Å²) in [5.74, 6) is 1.76. The van der Waals surface area contributed by atoms with Gasteiger partial charge in [0.15, 0.2) is 0 Å². The minimum atomic E-state index is 0.135. The highest BCUT2D eigenvalue weighted by molar-refractivity contribution is 7.07. The van der Waals surface area contributed by atoms with E-state index >= 15 is 0 Å². The van der Waals surface area contributed by atoms with Crippen LogP contribution in [0.4, 0.5) is 0 Å². The highest BCUT2D eigenvalue weighted by Gasteiger charge is 2.33. The Kier molecular flexibility index (Phi) is 3.14. The summed E-state index contributed by atoms with van der Waals surface area (Å²) in [6.07, 6.45) is 6.62. The third-order valence-electron chi connectivity index (χ3n) is 4.23. The van der Waals surface area contributed by atoms with Crippen molar-refractivity contribution < 1.29 is 4.79 Å². The Balaban J connectivity index is 1.67. The lowest BCUT2D eigenvalue weighted by Crippen LogP contribution is -2.44. The van der Waals surface area contributed by atoms with Crippen LogP contribution in [0.3, 0.4) is 0 Å². The first kappa shape index (κ1) is 11.2. The molecule has 1 aromatic rings. The average Bonchev–Trinajstić information content (AvgIpc) is 2.91. The number of carbonyl (C=O) groups is 1. The van der Waals surface area contributed by atoms with Gasteiger partial charge in [-0.1, -0.05) is 19.3 Å². The van der Waals surface area contributed by atoms with Crippen LogP contribution in [0.2, 0.25) is 0 Å². The Bertz CT molecular complexity index is 390. The molecule has 0 N–H and O–H groups in total. The van der Waals surface area contributed by atoms with E-state index in [4.69, 9.17) is 0 Å². The van der Waals surface area contributed by atoms with Gasteiger partial charge in [-0.15, -0.1) is 11.3 Å². The number of hydrogen-bond donors (Lipinski definition) is 0. The van der Waals surface area contributed by atoms with Gasteiger partial charge in [0.05, 0.1) is 5.51 Å². The number of rotatable bonds is 1. The summed E-state index contributed by atoms with van der Waals surface area (Å²) in [5, 5.41) is 1.86. The number of nitrogens with zero attached hydrogens (tertiary/aromatic N) is 2. The molecular formula is C13H18N2OS. The quantitative estimate of drug-likeness (QED) is 0.768. The van der Waals surface area contributed by atoms with Gasteiger partial charge in [0.1, 0.15) is 5.69 Å². The fourth-order valence-corrected chi connectivity index (χ4v) is 3.79. The maximum atomic E-state index is 12.2. The minimum Gasteiger partial charge on any atom is -0.337 e. The zero-order valence-corrected chi connectivity index (χ0v) is 10.8. The molecule has 0 radical (unpaired) electrons. The smallest absolute Gasteiger partial charge is 0.273 e. The van der Waals surface area contributed by atoms with Gasteiger partial charge in [0.2, 0.25) is 0 Å². The monoisotopic (exact) mass is 250 g/mol. The predicted octanol–water partition coefficient (Wildman–Crippen LogP) is 2.80. The van der Waals surface area contributed by atoms with Crippen LogP contribution in [0, 0.1) is 11.8 Å². The summed E-state index contributed by atoms with van der Waals surface area (Å²) < 4.78 is 0. The number of amides is 1. The molecule has 1 aliphatic carbocycles. The first-order valence-electron chi connectivity index (χ1n) is 6.52. The first-order chi connectivity index (χ1) is 8.34. The summed E-state index contributed by atoms with van der Waals surface area (Å²) >= 11 is 1.50. The van der Waals surface area contributed by atoms with Gasteiger partial charge in [0.25, 0.3) is 5.91 Å². The molecule has 1 amide bonds. The van der Waals surface area contributed by atoms with Crippen molar-refractivity contribution in [1.29, 1.82) is 0 Å². The lowest BCUT2D eigenvalue weighted by molar-refractivity contribution is 0.0516. The van der Waals surface area contributed by atoms with Gasteiger partial charge in [-0.3, -0.25) is 4.79 Å². The normalized spacial score (nSPS) is 28.8. The third-order valence-corrected chi connectivity index (χ3v) is 4.82. The molecule has 0 bridgehead atoms. The molecule has 2 unspecified atom stereocenters. The number of piperidine rings is 1. The maximum absolute atomic E-state index is 12.2. The van der Waals surface area contributed by atoms with E-state index < -0.39 is 0 Å². The van der Waals surface area contributed by atoms with Gasteiger partial charge >= 0.3 is 0 Å². The van der Waals surface area contributed by atoms with Gasteiger partial charge < -0.3 is 4.90 Å². The van der Waals surface area contributed by atoms with Crippen LogP contribution < -0.4 is 0 Å². The van der Waals surface area contributed by atoms with Crippen molar-refractivity contribution in [3.8, 4) is 0 Å². The molecule has 1 aliphatic heterocycles. The summed E-state index contributed by atoms with van der Waals surface area (Å²) in [6.45, 7) is 1.89. The van der Waals surface area contributed by atoms with Crippen LogP contribution in [0.5, 0.6) is 0 Å². The molecule has 92 valence electrons. The van der Waals surface area contributed by atoms with E-state index in [-0.39, 0.29) is 5.91 Å². The van der Waals surface area contributed by atoms with E-state index in [1.54, 1.807) is 5.51 Å². The van der Waals surface area contributed by atoms with Crippen LogP contribution in [0.15, 0.2) is 10.9 Å². The predicted molar refractivity (Wildman–Crippen MR) is 68.1 cm³/mol. The van der Waals surface area contributed by atoms with Gasteiger partial charge in [-0.2, -0.15) is 0 Å². The summed E-state index contributed by atoms with van der Waals surface area (Å²) in [7, 11) is 0. The molecular weight excluding hydrogens is 232 g/mol. The first-order valence-corrected chi connectivity index (χ1v) is 7.46. The molecule has 3 nitrogen and oxygen atoms in total. The van der Waals surface area contributed by atoms with E-state index in [0.717, 1.165) is 24.9 Å². The Morgan fingerprint density at radius 1 is 1.29 bits per heavy atom. The molecule has 0 aromatic carbocycles. The number of thiazole rings is 1. The van der Waals surface area contributed by atoms with Crippen molar-refractivity contribution in [2.45, 2.75) is 32.1 Å². The highest BCUT2D eigenvalue weighted by Crippen LogP contribution is 2.36. The summed E-state index contributed by atoms with van der Waals surface area (Å²) in [4.78, 5) is 18.3. The number of likely N-dealkylation sites (tertiary alicyclic amines) is 1. The zero-order chi connectivity index (χ0) is 11.7. The third kappa shape index (κ3) is 2.23. The number of hydrogen-bond acceptors (Lipinski definition) is 3. The molecule has 0 spiro atoms. The van der Waals surface area contributed by atoms with E-state index in [1.807, 2.05) is 10.3 Å². The lowest BCUT2D eigenvalue weighted by atomic mass is 9.75. The van der Waals surface area contributed by atoms with Crippen molar-refractivity contribution in [2.24, 2.45) is 11.8 Å². The van der Waals surface area contributed by atoms with Crippen molar-refractivity contribution in [3.05, 3.63) is 16.6 Å². The van der Waals surface area contributed by atoms with Crippen molar-refractivity contribution >= 4 is 17.2 Å². The lowest BCUT2D eigenvalue weighted by Gasteiger charge is -2.41. The molecule has 2 aliphatic rings. The Morgan fingerprint density at radius 2 is 2.12 bits per heavy atom. The van der Waals surface area contributed by atoms with Crippen molar-refractivity contribution in [1.82, 2.24) is 9.88 Å². The Hall–Kier alpha value is -0.900. The van der Waals surface area contributed by atoms with Gasteiger partial charge in [-0.25, -0.2) is 4.98 Å². The molecule has 4 heteroatoms. The highest BCUT2D eigenvalue weighted by atomic mass is 32.1. The largest absolute Gasteiger partial charge is 0.337 e. The van der Waals surface area contributed by atoms with Crippen LogP contribution in [0.1, 0.15) is 42.6 Å². The summed E-state index contributed by atoms with van der Waals surface area (Å²) in [6, 6.07) is 0. The second kappa shape index (κ2) is 4.77. The fraction of sp³-hybridized carbons (Fsp3) is 0.692. The molecule has 3 rings (SSSR count). The van der Waals surface area contributed by atoms with Gasteiger partial charge in [0, 0.05) is 18.5 Å². The van der Waals surface area contributed by atoms with E-state index in [2.05, 4.69) is 4.98 Å². The second-order valence-electron chi connectivity index (χ2n) is 5.22. The van der Waals surface area contributed by atoms with E-state index in [9.17, 15) is 4.79 Å². The molecule has 2 atom stereocenters. The standard InChI is InChI=1S/C13H18N2OS/c16-13(12-8-17-9-14-12)15-6-5-10-3-1-2-4-11(10)7-15/h8-11H,1-7H2. The molecule has 1 saturated carbocycles. The summed E-state index contributed by atoms with van der Waals surface area (Å²) in [5.41, 5.74) is 2.37. The van der Waals surface area contributed by atoms with E-state index in [0.29, 0.717) is 5.69 Å². The second-order valence-corrected chi connectivity index (χ2v) is 5.94. The number of aromatic nitrogens is 1. The molecule has 2 heterocycles. The van der Waals surface area contributed by atoms with Crippen molar-refractivity contribution in [2.75, 3.05) is 13.1 Å². The molecule has 2 fully saturated rings. The van der Waals surface area contributed by atoms with Crippen LogP contribution in [-0.2, 0) is 0 Å². The topological polar surface area (TPSA) is 33.2 Å². The Morgan fingerprint density at radius 3 is 2.88 bits per heavy atom. The van der Waals surface area contributed by atoms with Gasteiger partial charge in [-0.05, 0) is 24.7 Å². The van der Waals surface area contributed by atoms with Crippen LogP contribution >= 0.6 is 11.3 Å². The fourth-order valence-electron chi connectivity index (χ4n) is 3.27. The SMILES string of the molecule is O=C(c1cscn1)N1CCC2CCCCC2C1. The number of fused-ring (bicyclic) bond motifs is 1. The van der Waals surface area contributed by atoms with E-state index in [1.165, 1.54) is 43.4 Å².